The van der Waals surface area contributed by atoms with Crippen LogP contribution in [0.15, 0.2) is 24.3 Å². The van der Waals surface area contributed by atoms with E-state index in [1.165, 1.54) is 18.2 Å². The molecule has 0 bridgehead atoms. The molecule has 0 amide bonds. The summed E-state index contributed by atoms with van der Waals surface area (Å²) in [5, 5.41) is 0. The largest absolute Gasteiger partial charge is 0.573 e. The van der Waals surface area contributed by atoms with Crippen molar-refractivity contribution in [2.24, 2.45) is 5.73 Å². The standard InChI is InChI=1S/C14H16F3NO2/c1-8(18)11-7-13(2,3)20-12-5-4-9(6-10(11)12)19-14(15,16)17/h4-8H,18H2,1-3H3. The van der Waals surface area contributed by atoms with E-state index >= 15 is 0 Å². The van der Waals surface area contributed by atoms with Gasteiger partial charge in [-0.25, -0.2) is 0 Å². The van der Waals surface area contributed by atoms with E-state index in [0.717, 1.165) is 5.57 Å². The third-order valence-corrected chi connectivity index (χ3v) is 2.86. The van der Waals surface area contributed by atoms with Gasteiger partial charge >= 0.3 is 6.36 Å². The van der Waals surface area contributed by atoms with E-state index in [-0.39, 0.29) is 11.8 Å². The van der Waals surface area contributed by atoms with Gasteiger partial charge in [0.2, 0.25) is 0 Å². The molecule has 2 N–H and O–H groups in total. The average molecular weight is 287 g/mol. The van der Waals surface area contributed by atoms with E-state index in [4.69, 9.17) is 10.5 Å². The Balaban J connectivity index is 2.45. The molecule has 1 unspecified atom stereocenters. The van der Waals surface area contributed by atoms with Crippen molar-refractivity contribution in [3.05, 3.63) is 29.8 Å². The fourth-order valence-electron chi connectivity index (χ4n) is 2.16. The molecule has 0 saturated heterocycles. The predicted molar refractivity (Wildman–Crippen MR) is 69.5 cm³/mol. The molecule has 1 aliphatic heterocycles. The molecule has 0 saturated carbocycles. The monoisotopic (exact) mass is 287 g/mol. The van der Waals surface area contributed by atoms with Crippen molar-refractivity contribution < 1.29 is 22.6 Å². The Hall–Kier alpha value is -1.69. The molecule has 3 nitrogen and oxygen atoms in total. The van der Waals surface area contributed by atoms with Crippen LogP contribution >= 0.6 is 0 Å². The first-order chi connectivity index (χ1) is 9.07. The summed E-state index contributed by atoms with van der Waals surface area (Å²) < 4.78 is 46.4. The van der Waals surface area contributed by atoms with Crippen LogP contribution in [0.4, 0.5) is 13.2 Å². The van der Waals surface area contributed by atoms with E-state index in [1.54, 1.807) is 6.92 Å². The van der Waals surface area contributed by atoms with Crippen LogP contribution < -0.4 is 15.2 Å². The van der Waals surface area contributed by atoms with Crippen molar-refractivity contribution in [1.29, 1.82) is 0 Å². The minimum atomic E-state index is -4.72. The van der Waals surface area contributed by atoms with Gasteiger partial charge in [0.05, 0.1) is 0 Å². The lowest BCUT2D eigenvalue weighted by Crippen LogP contribution is -2.32. The van der Waals surface area contributed by atoms with Gasteiger partial charge in [0.25, 0.3) is 0 Å². The number of rotatable bonds is 2. The summed E-state index contributed by atoms with van der Waals surface area (Å²) in [6.45, 7) is 5.49. The first-order valence-corrected chi connectivity index (χ1v) is 6.15. The second-order valence-electron chi connectivity index (χ2n) is 5.30. The third-order valence-electron chi connectivity index (χ3n) is 2.86. The number of ether oxygens (including phenoxy) is 2. The van der Waals surface area contributed by atoms with E-state index < -0.39 is 12.0 Å². The third kappa shape index (κ3) is 3.25. The fraction of sp³-hybridized carbons (Fsp3) is 0.429. The SMILES string of the molecule is CC(N)C1=CC(C)(C)Oc2ccc(OC(F)(F)F)cc21. The highest BCUT2D eigenvalue weighted by atomic mass is 19.4. The maximum Gasteiger partial charge on any atom is 0.573 e. The van der Waals surface area contributed by atoms with Gasteiger partial charge in [-0.3, -0.25) is 0 Å². The van der Waals surface area contributed by atoms with Gasteiger partial charge in [-0.2, -0.15) is 0 Å². The molecular weight excluding hydrogens is 271 g/mol. The van der Waals surface area contributed by atoms with Crippen LogP contribution in [0.25, 0.3) is 5.57 Å². The van der Waals surface area contributed by atoms with Gasteiger partial charge < -0.3 is 15.2 Å². The summed E-state index contributed by atoms with van der Waals surface area (Å²) in [7, 11) is 0. The summed E-state index contributed by atoms with van der Waals surface area (Å²) >= 11 is 0. The molecule has 2 rings (SSSR count). The van der Waals surface area contributed by atoms with Crippen LogP contribution in [0.5, 0.6) is 11.5 Å². The Bertz CT molecular complexity index is 548. The van der Waals surface area contributed by atoms with Crippen LogP contribution in [-0.2, 0) is 0 Å². The molecule has 1 aromatic carbocycles. The normalized spacial score (nSPS) is 18.6. The number of hydrogen-bond acceptors (Lipinski definition) is 3. The summed E-state index contributed by atoms with van der Waals surface area (Å²) in [5.74, 6) is 0.213. The van der Waals surface area contributed by atoms with Gasteiger partial charge in [0.1, 0.15) is 17.1 Å². The molecule has 20 heavy (non-hydrogen) atoms. The Morgan fingerprint density at radius 2 is 1.95 bits per heavy atom. The Kier molecular flexibility index (Phi) is 3.46. The number of hydrogen-bond donors (Lipinski definition) is 1. The first-order valence-electron chi connectivity index (χ1n) is 6.15. The van der Waals surface area contributed by atoms with Gasteiger partial charge in [0, 0.05) is 11.6 Å². The topological polar surface area (TPSA) is 44.5 Å². The molecule has 1 atom stereocenters. The molecule has 0 spiro atoms. The zero-order valence-corrected chi connectivity index (χ0v) is 11.4. The Morgan fingerprint density at radius 1 is 1.30 bits per heavy atom. The number of halogens is 3. The van der Waals surface area contributed by atoms with Crippen molar-refractivity contribution in [2.75, 3.05) is 0 Å². The van der Waals surface area contributed by atoms with Gasteiger partial charge in [0.15, 0.2) is 0 Å². The summed E-state index contributed by atoms with van der Waals surface area (Å²) in [5.41, 5.74) is 6.61. The van der Waals surface area contributed by atoms with Crippen LogP contribution in [0.1, 0.15) is 26.3 Å². The average Bonchev–Trinajstić information content (AvgIpc) is 2.25. The molecule has 0 aliphatic carbocycles. The lowest BCUT2D eigenvalue weighted by atomic mass is 9.91. The van der Waals surface area contributed by atoms with Crippen molar-refractivity contribution in [1.82, 2.24) is 0 Å². The number of alkyl halides is 3. The van der Waals surface area contributed by atoms with Gasteiger partial charge in [-0.05, 0) is 50.6 Å². The molecule has 1 aliphatic rings. The quantitative estimate of drug-likeness (QED) is 0.905. The molecule has 1 aromatic rings. The molecule has 110 valence electrons. The summed E-state index contributed by atoms with van der Waals surface area (Å²) in [6, 6.07) is 3.67. The van der Waals surface area contributed by atoms with E-state index in [1.807, 2.05) is 19.9 Å². The number of nitrogens with two attached hydrogens (primary N) is 1. The summed E-state index contributed by atoms with van der Waals surface area (Å²) in [6.07, 6.45) is -2.90. The Morgan fingerprint density at radius 3 is 2.50 bits per heavy atom. The zero-order chi connectivity index (χ0) is 15.1. The van der Waals surface area contributed by atoms with E-state index in [2.05, 4.69) is 4.74 Å². The van der Waals surface area contributed by atoms with Crippen molar-refractivity contribution in [3.63, 3.8) is 0 Å². The van der Waals surface area contributed by atoms with Crippen LogP contribution in [0, 0.1) is 0 Å². The van der Waals surface area contributed by atoms with Crippen molar-refractivity contribution >= 4 is 5.57 Å². The van der Waals surface area contributed by atoms with Crippen molar-refractivity contribution in [2.45, 2.75) is 38.8 Å². The second-order valence-corrected chi connectivity index (χ2v) is 5.30. The van der Waals surface area contributed by atoms with Crippen LogP contribution in [0.2, 0.25) is 0 Å². The predicted octanol–water partition coefficient (Wildman–Crippen LogP) is 3.49. The molecule has 0 aromatic heterocycles. The molecular formula is C14H16F3NO2. The lowest BCUT2D eigenvalue weighted by Gasteiger charge is -2.32. The van der Waals surface area contributed by atoms with Gasteiger partial charge in [-0.15, -0.1) is 13.2 Å². The zero-order valence-electron chi connectivity index (χ0n) is 11.4. The van der Waals surface area contributed by atoms with E-state index in [9.17, 15) is 13.2 Å². The smallest absolute Gasteiger partial charge is 0.483 e. The van der Waals surface area contributed by atoms with E-state index in [0.29, 0.717) is 11.3 Å². The summed E-state index contributed by atoms with van der Waals surface area (Å²) in [4.78, 5) is 0. The minimum Gasteiger partial charge on any atom is -0.483 e. The molecule has 1 heterocycles. The molecule has 0 radical (unpaired) electrons. The maximum atomic E-state index is 12.3. The number of benzene rings is 1. The second kappa shape index (κ2) is 4.70. The molecule has 0 fully saturated rings. The van der Waals surface area contributed by atoms with Crippen molar-refractivity contribution in [3.8, 4) is 11.5 Å². The van der Waals surface area contributed by atoms with Gasteiger partial charge in [-0.1, -0.05) is 0 Å². The first kappa shape index (κ1) is 14.7. The van der Waals surface area contributed by atoms with Crippen LogP contribution in [0.3, 0.4) is 0 Å². The number of fused-ring (bicyclic) bond motifs is 1. The lowest BCUT2D eigenvalue weighted by molar-refractivity contribution is -0.274. The maximum absolute atomic E-state index is 12.3. The Labute approximate surface area is 115 Å². The highest BCUT2D eigenvalue weighted by Crippen LogP contribution is 2.39. The minimum absolute atomic E-state index is 0.286. The van der Waals surface area contributed by atoms with Crippen LogP contribution in [-0.4, -0.2) is 18.0 Å². The highest BCUT2D eigenvalue weighted by Gasteiger charge is 2.33. The highest BCUT2D eigenvalue weighted by molar-refractivity contribution is 5.77. The molecule has 6 heteroatoms. The fourth-order valence-corrected chi connectivity index (χ4v) is 2.16.